The molecule has 0 spiro atoms. The van der Waals surface area contributed by atoms with Crippen LogP contribution in [0.15, 0.2) is 24.3 Å². The standard InChI is InChI=1S/C14H22N2O2/c1-4-18-13-7-5-12(6-8-13)11-14(17)15-9-10-16(2)3/h5-8H,4,9-11H2,1-3H3,(H,15,17). The third-order valence-electron chi connectivity index (χ3n) is 2.48. The van der Waals surface area contributed by atoms with Crippen LogP contribution in [-0.4, -0.2) is 44.6 Å². The van der Waals surface area contributed by atoms with Gasteiger partial charge in [0.15, 0.2) is 0 Å². The summed E-state index contributed by atoms with van der Waals surface area (Å²) in [4.78, 5) is 13.7. The van der Waals surface area contributed by atoms with Crippen molar-refractivity contribution in [3.63, 3.8) is 0 Å². The molecule has 0 aliphatic heterocycles. The zero-order valence-corrected chi connectivity index (χ0v) is 11.4. The van der Waals surface area contributed by atoms with E-state index in [1.54, 1.807) is 0 Å². The molecule has 4 nitrogen and oxygen atoms in total. The maximum Gasteiger partial charge on any atom is 0.224 e. The molecule has 18 heavy (non-hydrogen) atoms. The number of likely N-dealkylation sites (N-methyl/N-ethyl adjacent to an activating group) is 1. The van der Waals surface area contributed by atoms with Gasteiger partial charge in [0.25, 0.3) is 0 Å². The van der Waals surface area contributed by atoms with Gasteiger partial charge in [-0.3, -0.25) is 4.79 Å². The third kappa shape index (κ3) is 5.68. The lowest BCUT2D eigenvalue weighted by Gasteiger charge is -2.10. The van der Waals surface area contributed by atoms with Crippen molar-refractivity contribution >= 4 is 5.91 Å². The number of hydrogen-bond acceptors (Lipinski definition) is 3. The lowest BCUT2D eigenvalue weighted by atomic mass is 10.1. The first-order chi connectivity index (χ1) is 8.61. The van der Waals surface area contributed by atoms with Crippen molar-refractivity contribution in [1.29, 1.82) is 0 Å². The summed E-state index contributed by atoms with van der Waals surface area (Å²) in [7, 11) is 3.97. The molecule has 0 atom stereocenters. The van der Waals surface area contributed by atoms with Crippen molar-refractivity contribution in [3.05, 3.63) is 29.8 Å². The van der Waals surface area contributed by atoms with Crippen LogP contribution >= 0.6 is 0 Å². The molecule has 100 valence electrons. The summed E-state index contributed by atoms with van der Waals surface area (Å²) in [5, 5.41) is 2.89. The molecule has 0 saturated heterocycles. The lowest BCUT2D eigenvalue weighted by molar-refractivity contribution is -0.120. The molecule has 1 rings (SSSR count). The highest BCUT2D eigenvalue weighted by Crippen LogP contribution is 2.12. The smallest absolute Gasteiger partial charge is 0.224 e. The Labute approximate surface area is 109 Å². The maximum absolute atomic E-state index is 11.6. The number of carbonyl (C=O) groups is 1. The van der Waals surface area contributed by atoms with E-state index in [0.717, 1.165) is 17.9 Å². The molecule has 0 aromatic heterocycles. The van der Waals surface area contributed by atoms with Crippen molar-refractivity contribution in [3.8, 4) is 5.75 Å². The van der Waals surface area contributed by atoms with Crippen LogP contribution in [0.4, 0.5) is 0 Å². The minimum atomic E-state index is 0.0565. The number of ether oxygens (including phenoxy) is 1. The normalized spacial score (nSPS) is 10.4. The Morgan fingerprint density at radius 3 is 2.50 bits per heavy atom. The maximum atomic E-state index is 11.6. The second-order valence-corrected chi connectivity index (χ2v) is 4.41. The van der Waals surface area contributed by atoms with Gasteiger partial charge in [-0.05, 0) is 38.7 Å². The number of amides is 1. The summed E-state index contributed by atoms with van der Waals surface area (Å²) in [5.74, 6) is 0.898. The van der Waals surface area contributed by atoms with Gasteiger partial charge in [0, 0.05) is 13.1 Å². The summed E-state index contributed by atoms with van der Waals surface area (Å²) >= 11 is 0. The summed E-state index contributed by atoms with van der Waals surface area (Å²) in [6.45, 7) is 4.15. The van der Waals surface area contributed by atoms with Crippen molar-refractivity contribution in [2.24, 2.45) is 0 Å². The first-order valence-electron chi connectivity index (χ1n) is 6.25. The van der Waals surface area contributed by atoms with Gasteiger partial charge in [0.05, 0.1) is 13.0 Å². The first kappa shape index (κ1) is 14.5. The molecule has 0 aliphatic carbocycles. The lowest BCUT2D eigenvalue weighted by Crippen LogP contribution is -2.32. The molecule has 1 N–H and O–H groups in total. The molecule has 0 aliphatic rings. The molecule has 4 heteroatoms. The van der Waals surface area contributed by atoms with Gasteiger partial charge in [-0.1, -0.05) is 12.1 Å². The summed E-state index contributed by atoms with van der Waals surface area (Å²) in [6, 6.07) is 7.64. The number of carbonyl (C=O) groups excluding carboxylic acids is 1. The minimum absolute atomic E-state index is 0.0565. The van der Waals surface area contributed by atoms with E-state index in [2.05, 4.69) is 5.32 Å². The highest BCUT2D eigenvalue weighted by Gasteiger charge is 2.03. The summed E-state index contributed by atoms with van der Waals surface area (Å²) < 4.78 is 5.35. The van der Waals surface area contributed by atoms with E-state index in [1.165, 1.54) is 0 Å². The van der Waals surface area contributed by atoms with Crippen LogP contribution in [0, 0.1) is 0 Å². The average Bonchev–Trinajstić information content (AvgIpc) is 2.31. The molecule has 1 amide bonds. The Kier molecular flexibility index (Phi) is 6.22. The Morgan fingerprint density at radius 2 is 1.94 bits per heavy atom. The Balaban J connectivity index is 2.35. The van der Waals surface area contributed by atoms with Crippen LogP contribution in [0.5, 0.6) is 5.75 Å². The molecule has 0 saturated carbocycles. The largest absolute Gasteiger partial charge is 0.494 e. The molecule has 0 heterocycles. The topological polar surface area (TPSA) is 41.6 Å². The van der Waals surface area contributed by atoms with E-state index < -0.39 is 0 Å². The number of hydrogen-bond donors (Lipinski definition) is 1. The monoisotopic (exact) mass is 250 g/mol. The number of benzene rings is 1. The number of nitrogens with zero attached hydrogens (tertiary/aromatic N) is 1. The van der Waals surface area contributed by atoms with Gasteiger partial charge < -0.3 is 15.0 Å². The van der Waals surface area contributed by atoms with Crippen LogP contribution in [0.3, 0.4) is 0 Å². The zero-order valence-electron chi connectivity index (χ0n) is 11.4. The molecule has 0 unspecified atom stereocenters. The van der Waals surface area contributed by atoms with Crippen LogP contribution in [-0.2, 0) is 11.2 Å². The van der Waals surface area contributed by atoms with Crippen LogP contribution in [0.1, 0.15) is 12.5 Å². The van der Waals surface area contributed by atoms with Crippen molar-refractivity contribution < 1.29 is 9.53 Å². The van der Waals surface area contributed by atoms with E-state index in [-0.39, 0.29) is 5.91 Å². The predicted octanol–water partition coefficient (Wildman–Crippen LogP) is 1.31. The fraction of sp³-hybridized carbons (Fsp3) is 0.500. The van der Waals surface area contributed by atoms with Crippen LogP contribution < -0.4 is 10.1 Å². The Morgan fingerprint density at radius 1 is 1.28 bits per heavy atom. The summed E-state index contributed by atoms with van der Waals surface area (Å²) in [5.41, 5.74) is 1.00. The molecule has 1 aromatic carbocycles. The number of nitrogens with one attached hydrogen (secondary N) is 1. The van der Waals surface area contributed by atoms with Crippen molar-refractivity contribution in [1.82, 2.24) is 10.2 Å². The minimum Gasteiger partial charge on any atom is -0.494 e. The van der Waals surface area contributed by atoms with Gasteiger partial charge in [0.1, 0.15) is 5.75 Å². The quantitative estimate of drug-likeness (QED) is 0.793. The van der Waals surface area contributed by atoms with Gasteiger partial charge in [0.2, 0.25) is 5.91 Å². The number of rotatable bonds is 7. The van der Waals surface area contributed by atoms with Crippen molar-refractivity contribution in [2.75, 3.05) is 33.8 Å². The SMILES string of the molecule is CCOc1ccc(CC(=O)NCCN(C)C)cc1. The van der Waals surface area contributed by atoms with Gasteiger partial charge >= 0.3 is 0 Å². The Hall–Kier alpha value is -1.55. The van der Waals surface area contributed by atoms with E-state index in [9.17, 15) is 4.79 Å². The second kappa shape index (κ2) is 7.71. The van der Waals surface area contributed by atoms with Crippen LogP contribution in [0.2, 0.25) is 0 Å². The van der Waals surface area contributed by atoms with Gasteiger partial charge in [-0.25, -0.2) is 0 Å². The average molecular weight is 250 g/mol. The molecule has 1 aromatic rings. The molecule has 0 fully saturated rings. The van der Waals surface area contributed by atoms with Gasteiger partial charge in [-0.2, -0.15) is 0 Å². The first-order valence-corrected chi connectivity index (χ1v) is 6.25. The predicted molar refractivity (Wildman–Crippen MR) is 72.9 cm³/mol. The van der Waals surface area contributed by atoms with E-state index >= 15 is 0 Å². The fourth-order valence-corrected chi connectivity index (χ4v) is 1.54. The van der Waals surface area contributed by atoms with Gasteiger partial charge in [-0.15, -0.1) is 0 Å². The highest BCUT2D eigenvalue weighted by molar-refractivity contribution is 5.78. The van der Waals surface area contributed by atoms with E-state index in [4.69, 9.17) is 4.74 Å². The highest BCUT2D eigenvalue weighted by atomic mass is 16.5. The van der Waals surface area contributed by atoms with E-state index in [0.29, 0.717) is 19.6 Å². The molecule has 0 radical (unpaired) electrons. The second-order valence-electron chi connectivity index (χ2n) is 4.41. The molecular weight excluding hydrogens is 228 g/mol. The third-order valence-corrected chi connectivity index (χ3v) is 2.48. The Bertz CT molecular complexity index is 361. The summed E-state index contributed by atoms with van der Waals surface area (Å²) in [6.07, 6.45) is 0.417. The van der Waals surface area contributed by atoms with Crippen molar-refractivity contribution in [2.45, 2.75) is 13.3 Å². The zero-order chi connectivity index (χ0) is 13.4. The van der Waals surface area contributed by atoms with Crippen LogP contribution in [0.25, 0.3) is 0 Å². The fourth-order valence-electron chi connectivity index (χ4n) is 1.54. The molecular formula is C14H22N2O2. The van der Waals surface area contributed by atoms with E-state index in [1.807, 2.05) is 50.2 Å². The molecule has 0 bridgehead atoms.